The van der Waals surface area contributed by atoms with E-state index in [9.17, 15) is 14.4 Å². The van der Waals surface area contributed by atoms with Crippen LogP contribution in [0.25, 0.3) is 0 Å². The van der Waals surface area contributed by atoms with E-state index in [2.05, 4.69) is 5.32 Å². The average molecular weight is 289 g/mol. The molecule has 0 bridgehead atoms. The van der Waals surface area contributed by atoms with Gasteiger partial charge in [0.05, 0.1) is 0 Å². The molecule has 5 nitrogen and oxygen atoms in total. The summed E-state index contributed by atoms with van der Waals surface area (Å²) < 4.78 is 0. The van der Waals surface area contributed by atoms with Crippen LogP contribution in [0.3, 0.4) is 0 Å². The summed E-state index contributed by atoms with van der Waals surface area (Å²) in [6, 6.07) is -0.534. The maximum atomic E-state index is 12.4. The second kappa shape index (κ2) is 8.15. The maximum Gasteiger partial charge on any atom is 1.00 e. The summed E-state index contributed by atoms with van der Waals surface area (Å²) in [4.78, 5) is 37.4. The predicted molar refractivity (Wildman–Crippen MR) is 70.3 cm³/mol. The van der Waals surface area contributed by atoms with Gasteiger partial charge < -0.3 is 0 Å². The fourth-order valence-corrected chi connectivity index (χ4v) is 2.98. The van der Waals surface area contributed by atoms with Gasteiger partial charge in [0.25, 0.3) is 0 Å². The topological polar surface area (TPSA) is 66.5 Å². The molecule has 0 aromatic rings. The zero-order valence-electron chi connectivity index (χ0n) is 12.5. The van der Waals surface area contributed by atoms with Crippen LogP contribution in [0.4, 0.5) is 4.79 Å². The van der Waals surface area contributed by atoms with Crippen molar-refractivity contribution in [3.8, 4) is 0 Å². The SMILES string of the molecule is CCCCC1C(=O)NC(=O)N(C2CCCCC2)C1=O.[Na+]. The maximum absolute atomic E-state index is 12.4. The molecule has 20 heavy (non-hydrogen) atoms. The normalized spacial score (nSPS) is 24.4. The Balaban J connectivity index is 0.00000200. The van der Waals surface area contributed by atoms with Crippen molar-refractivity contribution >= 4 is 17.8 Å². The molecule has 2 aliphatic rings. The third-order valence-electron chi connectivity index (χ3n) is 4.09. The van der Waals surface area contributed by atoms with Crippen LogP contribution in [-0.4, -0.2) is 28.8 Å². The third-order valence-corrected chi connectivity index (χ3v) is 4.09. The van der Waals surface area contributed by atoms with Gasteiger partial charge in [-0.1, -0.05) is 39.0 Å². The first-order chi connectivity index (χ1) is 9.15. The zero-order chi connectivity index (χ0) is 13.8. The van der Waals surface area contributed by atoms with E-state index in [4.69, 9.17) is 0 Å². The van der Waals surface area contributed by atoms with Gasteiger partial charge in [-0.2, -0.15) is 0 Å². The minimum Gasteiger partial charge on any atom is -0.277 e. The number of amides is 4. The van der Waals surface area contributed by atoms with Crippen molar-refractivity contribution in [2.45, 2.75) is 64.3 Å². The summed E-state index contributed by atoms with van der Waals surface area (Å²) in [5.41, 5.74) is 0. The Morgan fingerprint density at radius 2 is 1.80 bits per heavy atom. The van der Waals surface area contributed by atoms with E-state index in [0.717, 1.165) is 38.5 Å². The fraction of sp³-hybridized carbons (Fsp3) is 0.786. The average Bonchev–Trinajstić information content (AvgIpc) is 2.39. The summed E-state index contributed by atoms with van der Waals surface area (Å²) in [7, 11) is 0. The van der Waals surface area contributed by atoms with Gasteiger partial charge in [-0.25, -0.2) is 4.79 Å². The number of nitrogens with one attached hydrogen (secondary N) is 1. The summed E-state index contributed by atoms with van der Waals surface area (Å²) in [5, 5.41) is 2.34. The summed E-state index contributed by atoms with van der Waals surface area (Å²) in [5.74, 6) is -1.37. The summed E-state index contributed by atoms with van der Waals surface area (Å²) in [6.45, 7) is 2.02. The van der Waals surface area contributed by atoms with Crippen molar-refractivity contribution in [2.75, 3.05) is 0 Å². The number of barbiturate groups is 1. The number of carbonyl (C=O) groups is 3. The first-order valence-corrected chi connectivity index (χ1v) is 7.33. The Morgan fingerprint density at radius 3 is 2.40 bits per heavy atom. The standard InChI is InChI=1S/C14H22N2O3.Na/c1-2-3-9-11-12(17)15-14(19)16(13(11)18)10-7-5-4-6-8-10;/h10-11H,2-9H2,1H3,(H,15,17,19);/q;+1. The van der Waals surface area contributed by atoms with Gasteiger partial charge in [0.1, 0.15) is 5.92 Å². The molecule has 1 unspecified atom stereocenters. The molecule has 0 aromatic carbocycles. The Kier molecular flexibility index (Phi) is 7.20. The van der Waals surface area contributed by atoms with Crippen molar-refractivity contribution in [1.29, 1.82) is 0 Å². The number of carbonyl (C=O) groups excluding carboxylic acids is 3. The van der Waals surface area contributed by atoms with Gasteiger partial charge in [-0.15, -0.1) is 0 Å². The number of hydrogen-bond acceptors (Lipinski definition) is 3. The minimum absolute atomic E-state index is 0. The molecule has 1 N–H and O–H groups in total. The second-order valence-corrected chi connectivity index (χ2v) is 5.49. The van der Waals surface area contributed by atoms with Crippen LogP contribution in [0, 0.1) is 5.92 Å². The Morgan fingerprint density at radius 1 is 1.15 bits per heavy atom. The molecule has 0 spiro atoms. The summed E-state index contributed by atoms with van der Waals surface area (Å²) in [6.07, 6.45) is 7.31. The van der Waals surface area contributed by atoms with Gasteiger partial charge >= 0.3 is 35.6 Å². The molecule has 2 rings (SSSR count). The van der Waals surface area contributed by atoms with Gasteiger partial charge in [0.2, 0.25) is 11.8 Å². The molecular formula is C14H22N2NaO3+. The van der Waals surface area contributed by atoms with E-state index in [0.29, 0.717) is 6.42 Å². The Hall–Kier alpha value is -0.390. The van der Waals surface area contributed by atoms with E-state index < -0.39 is 17.9 Å². The fourth-order valence-electron chi connectivity index (χ4n) is 2.98. The van der Waals surface area contributed by atoms with Crippen LogP contribution in [0.1, 0.15) is 58.3 Å². The van der Waals surface area contributed by atoms with Crippen molar-refractivity contribution in [3.63, 3.8) is 0 Å². The molecule has 6 heteroatoms. The largest absolute Gasteiger partial charge is 1.00 e. The van der Waals surface area contributed by atoms with Crippen molar-refractivity contribution in [3.05, 3.63) is 0 Å². The molecule has 1 heterocycles. The Labute approximate surface area is 142 Å². The molecule has 1 saturated carbocycles. The molecule has 1 aliphatic heterocycles. The van der Waals surface area contributed by atoms with Crippen molar-refractivity contribution in [1.82, 2.24) is 10.2 Å². The number of imide groups is 2. The monoisotopic (exact) mass is 289 g/mol. The Bertz CT molecular complexity index is 381. The molecule has 0 radical (unpaired) electrons. The molecule has 106 valence electrons. The van der Waals surface area contributed by atoms with Gasteiger partial charge in [-0.05, 0) is 19.3 Å². The minimum atomic E-state index is -0.667. The number of nitrogens with zero attached hydrogens (tertiary/aromatic N) is 1. The first kappa shape index (κ1) is 17.7. The van der Waals surface area contributed by atoms with Crippen LogP contribution in [-0.2, 0) is 9.59 Å². The molecule has 1 aliphatic carbocycles. The summed E-state index contributed by atoms with van der Waals surface area (Å²) >= 11 is 0. The first-order valence-electron chi connectivity index (χ1n) is 7.33. The quantitative estimate of drug-likeness (QED) is 0.545. The second-order valence-electron chi connectivity index (χ2n) is 5.49. The number of urea groups is 1. The smallest absolute Gasteiger partial charge is 0.277 e. The van der Waals surface area contributed by atoms with Gasteiger partial charge in [0, 0.05) is 6.04 Å². The van der Waals surface area contributed by atoms with E-state index >= 15 is 0 Å². The van der Waals surface area contributed by atoms with Crippen molar-refractivity contribution < 1.29 is 43.9 Å². The van der Waals surface area contributed by atoms with Gasteiger partial charge in [-0.3, -0.25) is 19.8 Å². The number of hydrogen-bond donors (Lipinski definition) is 1. The van der Waals surface area contributed by atoms with Crippen LogP contribution in [0.2, 0.25) is 0 Å². The van der Waals surface area contributed by atoms with E-state index in [1.165, 1.54) is 11.3 Å². The predicted octanol–water partition coefficient (Wildman–Crippen LogP) is -0.792. The number of rotatable bonds is 4. The van der Waals surface area contributed by atoms with Crippen LogP contribution in [0.5, 0.6) is 0 Å². The molecular weight excluding hydrogens is 267 g/mol. The third kappa shape index (κ3) is 3.83. The van der Waals surface area contributed by atoms with E-state index in [1.54, 1.807) is 0 Å². The van der Waals surface area contributed by atoms with E-state index in [1.807, 2.05) is 6.92 Å². The van der Waals surface area contributed by atoms with Crippen LogP contribution in [0.15, 0.2) is 0 Å². The van der Waals surface area contributed by atoms with Crippen molar-refractivity contribution in [2.24, 2.45) is 5.92 Å². The molecule has 2 fully saturated rings. The van der Waals surface area contributed by atoms with Crippen LogP contribution >= 0.6 is 0 Å². The zero-order valence-corrected chi connectivity index (χ0v) is 14.5. The van der Waals surface area contributed by atoms with Crippen LogP contribution < -0.4 is 34.9 Å². The molecule has 4 amide bonds. The van der Waals surface area contributed by atoms with Gasteiger partial charge in [0.15, 0.2) is 0 Å². The molecule has 1 saturated heterocycles. The van der Waals surface area contributed by atoms with E-state index in [-0.39, 0.29) is 41.5 Å². The molecule has 0 aromatic heterocycles. The number of unbranched alkanes of at least 4 members (excludes halogenated alkanes) is 1. The molecule has 1 atom stereocenters.